The Morgan fingerprint density at radius 2 is 0.977 bits per heavy atom. The summed E-state index contributed by atoms with van der Waals surface area (Å²) >= 11 is 0. The van der Waals surface area contributed by atoms with Crippen molar-refractivity contribution in [2.75, 3.05) is 19.6 Å². The Morgan fingerprint density at radius 1 is 0.674 bits per heavy atom. The number of alkyl carbamates (subject to hydrolysis) is 3. The first-order valence-electron chi connectivity index (χ1n) is 15.0. The summed E-state index contributed by atoms with van der Waals surface area (Å²) in [4.78, 5) is 68.1. The SMILES string of the molecule is CC(C)C1[C@H]2C=C[C@H]1[C@H]1C(=O)N(C(CNC(=O)OC(C)(C)C)(CNC(=O)OC(C)(C)C)CNC(=O)OC(C)(C)C)C(=O)[C@H]12. The molecular weight excluding hydrogens is 556 g/mol. The molecule has 0 aromatic heterocycles. The largest absolute Gasteiger partial charge is 0.444 e. The standard InChI is InChI=1S/C31H50N4O8/c1-17(2)20-18-12-13-19(20)22-21(18)23(36)35(24(22)37)31(14-32-25(38)41-28(3,4)5,15-33-26(39)42-29(6,7)8)16-34-27(40)43-30(9,10)11/h12-13,17-22H,14-16H2,1-11H3,(H,32,38)(H,33,39)(H,34,40)/t18-,19-,20?,21-,22+/m1/s1. The van der Waals surface area contributed by atoms with Crippen molar-refractivity contribution < 1.29 is 38.2 Å². The average molecular weight is 607 g/mol. The molecule has 3 rings (SSSR count). The zero-order valence-corrected chi connectivity index (χ0v) is 27.5. The molecule has 3 aliphatic rings. The van der Waals surface area contributed by atoms with Crippen LogP contribution in [0.3, 0.4) is 0 Å². The predicted molar refractivity (Wildman–Crippen MR) is 159 cm³/mol. The Hall–Kier alpha value is -3.31. The summed E-state index contributed by atoms with van der Waals surface area (Å²) in [5, 5.41) is 8.00. The second-order valence-corrected chi connectivity index (χ2v) is 15.2. The van der Waals surface area contributed by atoms with Crippen molar-refractivity contribution in [1.82, 2.24) is 20.9 Å². The minimum atomic E-state index is -1.62. The van der Waals surface area contributed by atoms with Crippen LogP contribution in [0.25, 0.3) is 0 Å². The van der Waals surface area contributed by atoms with Gasteiger partial charge < -0.3 is 30.2 Å². The van der Waals surface area contributed by atoms with E-state index in [-0.39, 0.29) is 43.3 Å². The maximum absolute atomic E-state index is 14.3. The van der Waals surface area contributed by atoms with Gasteiger partial charge in [-0.2, -0.15) is 0 Å². The smallest absolute Gasteiger partial charge is 0.407 e. The lowest BCUT2D eigenvalue weighted by molar-refractivity contribution is -0.148. The number of likely N-dealkylation sites (tertiary alicyclic amines) is 1. The van der Waals surface area contributed by atoms with E-state index in [0.29, 0.717) is 0 Å². The highest BCUT2D eigenvalue weighted by Crippen LogP contribution is 2.58. The van der Waals surface area contributed by atoms with Gasteiger partial charge in [0, 0.05) is 19.6 Å². The van der Waals surface area contributed by atoms with Gasteiger partial charge in [-0.25, -0.2) is 14.4 Å². The summed E-state index contributed by atoms with van der Waals surface area (Å²) < 4.78 is 16.3. The van der Waals surface area contributed by atoms with Crippen molar-refractivity contribution in [3.8, 4) is 0 Å². The first-order chi connectivity index (χ1) is 19.6. The van der Waals surface area contributed by atoms with Crippen LogP contribution in [0, 0.1) is 35.5 Å². The van der Waals surface area contributed by atoms with E-state index in [4.69, 9.17) is 14.2 Å². The van der Waals surface area contributed by atoms with Gasteiger partial charge in [-0.15, -0.1) is 0 Å². The molecule has 0 spiro atoms. The number of fused-ring (bicyclic) bond motifs is 5. The summed E-state index contributed by atoms with van der Waals surface area (Å²) in [5.41, 5.74) is -4.06. The number of ether oxygens (including phenoxy) is 3. The molecule has 1 aliphatic heterocycles. The molecule has 2 fully saturated rings. The van der Waals surface area contributed by atoms with Crippen LogP contribution < -0.4 is 16.0 Å². The van der Waals surface area contributed by atoms with Crippen LogP contribution >= 0.6 is 0 Å². The molecule has 0 aromatic carbocycles. The number of nitrogens with one attached hydrogen (secondary N) is 3. The zero-order chi connectivity index (χ0) is 32.7. The third-order valence-electron chi connectivity index (χ3n) is 7.80. The number of hydrogen-bond acceptors (Lipinski definition) is 8. The number of carbonyl (C=O) groups is 5. The van der Waals surface area contributed by atoms with Crippen LogP contribution in [0.5, 0.6) is 0 Å². The molecule has 1 saturated heterocycles. The summed E-state index contributed by atoms with van der Waals surface area (Å²) in [6, 6.07) is 0. The molecule has 12 heteroatoms. The Bertz CT molecular complexity index is 1030. The van der Waals surface area contributed by atoms with Crippen LogP contribution in [0.15, 0.2) is 12.2 Å². The molecule has 1 saturated carbocycles. The summed E-state index contributed by atoms with van der Waals surface area (Å²) in [5.74, 6) is -1.72. The number of nitrogens with zero attached hydrogens (tertiary/aromatic N) is 1. The number of amides is 5. The molecule has 0 aromatic rings. The molecule has 242 valence electrons. The highest BCUT2D eigenvalue weighted by molar-refractivity contribution is 6.07. The van der Waals surface area contributed by atoms with Gasteiger partial charge in [0.1, 0.15) is 22.3 Å². The lowest BCUT2D eigenvalue weighted by Gasteiger charge is -2.42. The van der Waals surface area contributed by atoms with Gasteiger partial charge in [-0.3, -0.25) is 14.5 Å². The highest BCUT2D eigenvalue weighted by atomic mass is 16.6. The molecule has 1 heterocycles. The van der Waals surface area contributed by atoms with E-state index < -0.39 is 64.3 Å². The van der Waals surface area contributed by atoms with Gasteiger partial charge in [-0.05, 0) is 86.0 Å². The fourth-order valence-corrected chi connectivity index (χ4v) is 6.44. The number of carbonyl (C=O) groups excluding carboxylic acids is 5. The van der Waals surface area contributed by atoms with Crippen LogP contribution in [0.4, 0.5) is 14.4 Å². The van der Waals surface area contributed by atoms with Crippen molar-refractivity contribution in [2.45, 2.75) is 98.5 Å². The summed E-state index contributed by atoms with van der Waals surface area (Å²) in [6.45, 7) is 18.6. The molecule has 2 bridgehead atoms. The third kappa shape index (κ3) is 8.00. The lowest BCUT2D eigenvalue weighted by Crippen LogP contribution is -2.68. The maximum atomic E-state index is 14.3. The van der Waals surface area contributed by atoms with Crippen molar-refractivity contribution in [1.29, 1.82) is 0 Å². The van der Waals surface area contributed by atoms with E-state index in [1.165, 1.54) is 0 Å². The van der Waals surface area contributed by atoms with Gasteiger partial charge >= 0.3 is 18.3 Å². The van der Waals surface area contributed by atoms with E-state index in [2.05, 4.69) is 29.8 Å². The number of hydrogen-bond donors (Lipinski definition) is 3. The predicted octanol–water partition coefficient (Wildman–Crippen LogP) is 3.99. The molecule has 0 radical (unpaired) electrons. The quantitative estimate of drug-likeness (QED) is 0.213. The first kappa shape index (κ1) is 34.2. The van der Waals surface area contributed by atoms with E-state index in [9.17, 15) is 24.0 Å². The van der Waals surface area contributed by atoms with Crippen molar-refractivity contribution in [3.63, 3.8) is 0 Å². The molecule has 43 heavy (non-hydrogen) atoms. The number of allylic oxidation sites excluding steroid dienone is 2. The van der Waals surface area contributed by atoms with E-state index in [1.54, 1.807) is 62.3 Å². The minimum absolute atomic E-state index is 0.106. The topological polar surface area (TPSA) is 152 Å². The Labute approximate surface area is 255 Å². The van der Waals surface area contributed by atoms with E-state index >= 15 is 0 Å². The molecule has 5 atom stereocenters. The van der Waals surface area contributed by atoms with Crippen LogP contribution in [-0.2, 0) is 23.8 Å². The van der Waals surface area contributed by atoms with Crippen LogP contribution in [0.2, 0.25) is 0 Å². The summed E-state index contributed by atoms with van der Waals surface area (Å²) in [7, 11) is 0. The number of imide groups is 1. The minimum Gasteiger partial charge on any atom is -0.444 e. The van der Waals surface area contributed by atoms with Crippen LogP contribution in [0.1, 0.15) is 76.2 Å². The lowest BCUT2D eigenvalue weighted by atomic mass is 9.83. The fourth-order valence-electron chi connectivity index (χ4n) is 6.44. The second kappa shape index (κ2) is 12.0. The highest BCUT2D eigenvalue weighted by Gasteiger charge is 2.66. The van der Waals surface area contributed by atoms with Crippen molar-refractivity contribution in [3.05, 3.63) is 12.2 Å². The molecular formula is C31H50N4O8. The Kier molecular flexibility index (Phi) is 9.54. The van der Waals surface area contributed by atoms with E-state index in [0.717, 1.165) is 4.90 Å². The molecule has 12 nitrogen and oxygen atoms in total. The summed E-state index contributed by atoms with van der Waals surface area (Å²) in [6.07, 6.45) is 1.71. The Morgan fingerprint density at radius 3 is 1.23 bits per heavy atom. The fraction of sp³-hybridized carbons (Fsp3) is 0.774. The zero-order valence-electron chi connectivity index (χ0n) is 27.5. The van der Waals surface area contributed by atoms with Crippen molar-refractivity contribution >= 4 is 30.1 Å². The van der Waals surface area contributed by atoms with Gasteiger partial charge in [0.05, 0.1) is 11.8 Å². The Balaban J connectivity index is 2.01. The second-order valence-electron chi connectivity index (χ2n) is 15.2. The molecule has 1 unspecified atom stereocenters. The van der Waals surface area contributed by atoms with Crippen molar-refractivity contribution in [2.24, 2.45) is 35.5 Å². The van der Waals surface area contributed by atoms with Gasteiger partial charge in [0.15, 0.2) is 0 Å². The molecule has 5 amide bonds. The monoisotopic (exact) mass is 606 g/mol. The normalized spacial score (nSPS) is 25.1. The van der Waals surface area contributed by atoms with Gasteiger partial charge in [-0.1, -0.05) is 26.0 Å². The van der Waals surface area contributed by atoms with Gasteiger partial charge in [0.2, 0.25) is 11.8 Å². The molecule has 2 aliphatic carbocycles. The number of rotatable bonds is 8. The third-order valence-corrected chi connectivity index (χ3v) is 7.80. The first-order valence-corrected chi connectivity index (χ1v) is 15.0. The van der Waals surface area contributed by atoms with E-state index in [1.807, 2.05) is 12.2 Å². The van der Waals surface area contributed by atoms with Gasteiger partial charge in [0.25, 0.3) is 0 Å². The average Bonchev–Trinajstić information content (AvgIpc) is 3.45. The maximum Gasteiger partial charge on any atom is 0.407 e. The van der Waals surface area contributed by atoms with Crippen LogP contribution in [-0.4, -0.2) is 77.0 Å². The molecule has 3 N–H and O–H groups in total.